The minimum atomic E-state index is 1.02. The molecule has 0 spiro atoms. The number of rotatable bonds is 4. The van der Waals surface area contributed by atoms with Crippen molar-refractivity contribution in [3.05, 3.63) is 0 Å². The van der Waals surface area contributed by atoms with Gasteiger partial charge in [0.2, 0.25) is 0 Å². The molecule has 2 fully saturated rings. The second-order valence-electron chi connectivity index (χ2n) is 5.56. The summed E-state index contributed by atoms with van der Waals surface area (Å²) in [5.41, 5.74) is 0. The molecular weight excluding hydrogens is 182 g/mol. The van der Waals surface area contributed by atoms with Crippen LogP contribution in [0, 0.1) is 17.8 Å². The van der Waals surface area contributed by atoms with Gasteiger partial charge in [0.05, 0.1) is 0 Å². The van der Waals surface area contributed by atoms with Crippen molar-refractivity contribution < 1.29 is 0 Å². The van der Waals surface area contributed by atoms with Gasteiger partial charge in [-0.1, -0.05) is 45.4 Å². The van der Waals surface area contributed by atoms with E-state index < -0.39 is 0 Å². The molecule has 0 heterocycles. The van der Waals surface area contributed by atoms with Crippen LogP contribution in [-0.2, 0) is 0 Å². The summed E-state index contributed by atoms with van der Waals surface area (Å²) in [5.74, 6) is 3.19. The summed E-state index contributed by atoms with van der Waals surface area (Å²) in [6, 6.07) is 0. The van der Waals surface area contributed by atoms with Gasteiger partial charge in [-0.3, -0.25) is 0 Å². The Hall–Kier alpha value is -0.0400. The van der Waals surface area contributed by atoms with Gasteiger partial charge in [0.1, 0.15) is 0 Å². The monoisotopic (exact) mass is 209 g/mol. The number of nitrogens with one attached hydrogen (secondary N) is 1. The normalized spacial score (nSPS) is 33.4. The van der Waals surface area contributed by atoms with Crippen molar-refractivity contribution in [2.45, 2.75) is 58.3 Å². The zero-order chi connectivity index (χ0) is 10.5. The van der Waals surface area contributed by atoms with Gasteiger partial charge in [-0.2, -0.15) is 0 Å². The van der Waals surface area contributed by atoms with Crippen molar-refractivity contribution in [2.75, 3.05) is 13.1 Å². The summed E-state index contributed by atoms with van der Waals surface area (Å²) in [6.07, 6.45) is 12.1. The van der Waals surface area contributed by atoms with Gasteiger partial charge in [0.25, 0.3) is 0 Å². The maximum absolute atomic E-state index is 3.53. The lowest BCUT2D eigenvalue weighted by atomic mass is 9.65. The Morgan fingerprint density at radius 3 is 2.20 bits per heavy atom. The highest BCUT2D eigenvalue weighted by atomic mass is 14.9. The number of hydrogen-bond donors (Lipinski definition) is 1. The molecule has 2 rings (SSSR count). The molecule has 2 atom stereocenters. The van der Waals surface area contributed by atoms with Gasteiger partial charge >= 0.3 is 0 Å². The summed E-state index contributed by atoms with van der Waals surface area (Å²) < 4.78 is 0. The van der Waals surface area contributed by atoms with Crippen LogP contribution < -0.4 is 5.32 Å². The van der Waals surface area contributed by atoms with Crippen LogP contribution >= 0.6 is 0 Å². The largest absolute Gasteiger partial charge is 0.317 e. The third-order valence-electron chi connectivity index (χ3n) is 4.64. The molecule has 1 nitrogen and oxygen atoms in total. The molecule has 2 aliphatic carbocycles. The minimum absolute atomic E-state index is 1.02. The Morgan fingerprint density at radius 2 is 1.67 bits per heavy atom. The van der Waals surface area contributed by atoms with Gasteiger partial charge in [-0.15, -0.1) is 0 Å². The third kappa shape index (κ3) is 2.96. The third-order valence-corrected chi connectivity index (χ3v) is 4.64. The van der Waals surface area contributed by atoms with E-state index in [2.05, 4.69) is 12.2 Å². The molecule has 0 bridgehead atoms. The maximum atomic E-state index is 3.53. The van der Waals surface area contributed by atoms with Crippen molar-refractivity contribution in [3.63, 3.8) is 0 Å². The molecule has 0 amide bonds. The lowest BCUT2D eigenvalue weighted by Gasteiger charge is -2.42. The molecule has 2 saturated carbocycles. The van der Waals surface area contributed by atoms with E-state index in [0.717, 1.165) is 24.3 Å². The van der Waals surface area contributed by atoms with Crippen molar-refractivity contribution >= 4 is 0 Å². The van der Waals surface area contributed by atoms with Crippen LogP contribution in [0.4, 0.5) is 0 Å². The Morgan fingerprint density at radius 1 is 0.933 bits per heavy atom. The van der Waals surface area contributed by atoms with Crippen LogP contribution in [0.2, 0.25) is 0 Å². The van der Waals surface area contributed by atoms with Gasteiger partial charge in [-0.25, -0.2) is 0 Å². The van der Waals surface area contributed by atoms with Gasteiger partial charge < -0.3 is 5.32 Å². The van der Waals surface area contributed by atoms with Crippen molar-refractivity contribution in [3.8, 4) is 0 Å². The van der Waals surface area contributed by atoms with E-state index in [1.54, 1.807) is 0 Å². The van der Waals surface area contributed by atoms with Crippen molar-refractivity contribution in [1.29, 1.82) is 0 Å². The van der Waals surface area contributed by atoms with Gasteiger partial charge in [0.15, 0.2) is 0 Å². The molecule has 1 heteroatoms. The van der Waals surface area contributed by atoms with E-state index in [9.17, 15) is 0 Å². The Kier molecular flexibility index (Phi) is 4.49. The molecule has 15 heavy (non-hydrogen) atoms. The van der Waals surface area contributed by atoms with E-state index in [1.807, 2.05) is 0 Å². The van der Waals surface area contributed by atoms with Crippen molar-refractivity contribution in [2.24, 2.45) is 17.8 Å². The van der Waals surface area contributed by atoms with E-state index >= 15 is 0 Å². The van der Waals surface area contributed by atoms with E-state index in [4.69, 9.17) is 0 Å². The lowest BCUT2D eigenvalue weighted by Crippen LogP contribution is -2.39. The standard InChI is InChI=1S/C14H27N/c1-2-15-11-13-9-10-14(13)12-7-5-3-4-6-8-12/h12-15H,2-11H2,1H3. The molecule has 0 aromatic heterocycles. The summed E-state index contributed by atoms with van der Waals surface area (Å²) in [7, 11) is 0. The molecule has 2 unspecified atom stereocenters. The van der Waals surface area contributed by atoms with E-state index in [1.165, 1.54) is 57.9 Å². The van der Waals surface area contributed by atoms with Crippen LogP contribution in [0.25, 0.3) is 0 Å². The summed E-state index contributed by atoms with van der Waals surface area (Å²) in [6.45, 7) is 4.66. The first-order valence-electron chi connectivity index (χ1n) is 7.12. The molecule has 1 N–H and O–H groups in total. The first-order valence-corrected chi connectivity index (χ1v) is 7.12. The quantitative estimate of drug-likeness (QED) is 0.698. The maximum Gasteiger partial charge on any atom is -0.00179 e. The summed E-state index contributed by atoms with van der Waals surface area (Å²) in [4.78, 5) is 0. The predicted octanol–water partition coefficient (Wildman–Crippen LogP) is 3.59. The average Bonchev–Trinajstić information content (AvgIpc) is 2.46. The Balaban J connectivity index is 1.76. The van der Waals surface area contributed by atoms with E-state index in [0.29, 0.717) is 0 Å². The average molecular weight is 209 g/mol. The SMILES string of the molecule is CCNCC1CCC1C1CCCCCC1. The molecule has 2 aliphatic rings. The molecule has 88 valence electrons. The van der Waals surface area contributed by atoms with E-state index in [-0.39, 0.29) is 0 Å². The molecule has 0 radical (unpaired) electrons. The number of hydrogen-bond acceptors (Lipinski definition) is 1. The van der Waals surface area contributed by atoms with Crippen LogP contribution in [0.3, 0.4) is 0 Å². The molecule has 0 aliphatic heterocycles. The summed E-state index contributed by atoms with van der Waals surface area (Å²) in [5, 5.41) is 3.53. The highest BCUT2D eigenvalue weighted by molar-refractivity contribution is 4.87. The van der Waals surface area contributed by atoms with Crippen LogP contribution in [0.1, 0.15) is 58.3 Å². The minimum Gasteiger partial charge on any atom is -0.317 e. The highest BCUT2D eigenvalue weighted by Gasteiger charge is 2.36. The zero-order valence-electron chi connectivity index (χ0n) is 10.3. The topological polar surface area (TPSA) is 12.0 Å². The fraction of sp³-hybridized carbons (Fsp3) is 1.00. The second kappa shape index (κ2) is 5.89. The zero-order valence-corrected chi connectivity index (χ0v) is 10.3. The molecule has 0 saturated heterocycles. The Bertz CT molecular complexity index is 170. The first kappa shape index (κ1) is 11.4. The van der Waals surface area contributed by atoms with Crippen LogP contribution in [0.15, 0.2) is 0 Å². The lowest BCUT2D eigenvalue weighted by molar-refractivity contribution is 0.0928. The van der Waals surface area contributed by atoms with Crippen molar-refractivity contribution in [1.82, 2.24) is 5.32 Å². The predicted molar refractivity (Wildman–Crippen MR) is 65.9 cm³/mol. The second-order valence-corrected chi connectivity index (χ2v) is 5.56. The molecule has 0 aromatic carbocycles. The van der Waals surface area contributed by atoms with Gasteiger partial charge in [0, 0.05) is 0 Å². The smallest absolute Gasteiger partial charge is 0.00179 e. The molecule has 0 aromatic rings. The van der Waals surface area contributed by atoms with Crippen LogP contribution in [0.5, 0.6) is 0 Å². The van der Waals surface area contributed by atoms with Gasteiger partial charge in [-0.05, 0) is 43.7 Å². The molecular formula is C14H27N. The fourth-order valence-electron chi connectivity index (χ4n) is 3.54. The Labute approximate surface area is 95.0 Å². The van der Waals surface area contributed by atoms with Crippen LogP contribution in [-0.4, -0.2) is 13.1 Å². The first-order chi connectivity index (χ1) is 7.42. The highest BCUT2D eigenvalue weighted by Crippen LogP contribution is 2.44. The summed E-state index contributed by atoms with van der Waals surface area (Å²) >= 11 is 0. The fourth-order valence-corrected chi connectivity index (χ4v) is 3.54.